The fraction of sp³-hybridized carbons (Fsp3) is 0.619. The first-order valence-corrected chi connectivity index (χ1v) is 11.9. The third kappa shape index (κ3) is 4.84. The van der Waals surface area contributed by atoms with E-state index in [0.29, 0.717) is 22.4 Å². The van der Waals surface area contributed by atoms with Gasteiger partial charge in [-0.05, 0) is 28.8 Å². The largest absolute Gasteiger partial charge is 0.468 e. The summed E-state index contributed by atoms with van der Waals surface area (Å²) in [6, 6.07) is 3.31. The van der Waals surface area contributed by atoms with Crippen molar-refractivity contribution < 1.29 is 22.3 Å². The molecular weight excluding hydrogens is 383 g/mol. The van der Waals surface area contributed by atoms with Crippen LogP contribution in [0.3, 0.4) is 0 Å². The minimum absolute atomic E-state index is 0.0324. The van der Waals surface area contributed by atoms with Gasteiger partial charge in [-0.2, -0.15) is 13.2 Å². The van der Waals surface area contributed by atoms with Crippen LogP contribution in [0, 0.1) is 11.5 Å². The van der Waals surface area contributed by atoms with Gasteiger partial charge in [-0.3, -0.25) is 0 Å². The highest BCUT2D eigenvalue weighted by Crippen LogP contribution is 2.41. The Bertz CT molecular complexity index is 705. The van der Waals surface area contributed by atoms with E-state index in [4.69, 9.17) is 9.15 Å². The van der Waals surface area contributed by atoms with Gasteiger partial charge < -0.3 is 9.15 Å². The fourth-order valence-electron chi connectivity index (χ4n) is 4.31. The molecule has 0 bridgehead atoms. The maximum atomic E-state index is 13.4. The van der Waals surface area contributed by atoms with Crippen molar-refractivity contribution in [2.45, 2.75) is 77.1 Å². The number of hydrogen-bond donors (Lipinski definition) is 0. The topological polar surface area (TPSA) is 25.6 Å². The van der Waals surface area contributed by atoms with E-state index in [1.54, 1.807) is 12.1 Å². The minimum atomic E-state index is -4.48. The molecule has 0 radical (unpaired) electrons. The van der Waals surface area contributed by atoms with Gasteiger partial charge in [0, 0.05) is 6.08 Å². The van der Waals surface area contributed by atoms with Crippen molar-refractivity contribution in [2.75, 3.05) is 6.54 Å². The number of rotatable bonds is 5. The Labute approximate surface area is 166 Å². The molecule has 1 aliphatic heterocycles. The molecular formula is C21H30F3NO2Si. The molecule has 1 aromatic heterocycles. The van der Waals surface area contributed by atoms with Crippen molar-refractivity contribution in [3.8, 4) is 11.5 Å². The van der Waals surface area contributed by atoms with Crippen LogP contribution in [-0.4, -0.2) is 31.9 Å². The number of furan rings is 1. The first-order valence-electron chi connectivity index (χ1n) is 9.70. The van der Waals surface area contributed by atoms with Gasteiger partial charge >= 0.3 is 6.18 Å². The standard InChI is InChI=1S/C21H30F3NO2Si/c1-15(2)28(16(3)4,17(5)6)12-8-10-19-14-25(13-18-9-7-11-26-18)20(27-19)21(22,23)24/h7,9-11,15-17,20H,13-14H2,1-6H3/b19-10-. The minimum Gasteiger partial charge on any atom is -0.468 e. The first-order chi connectivity index (χ1) is 13.0. The van der Waals surface area contributed by atoms with Crippen molar-refractivity contribution in [1.29, 1.82) is 0 Å². The van der Waals surface area contributed by atoms with Gasteiger partial charge in [0.2, 0.25) is 6.23 Å². The first kappa shape index (κ1) is 22.6. The summed E-state index contributed by atoms with van der Waals surface area (Å²) in [6.45, 7) is 13.3. The Kier molecular flexibility index (Phi) is 7.10. The second kappa shape index (κ2) is 8.79. The van der Waals surface area contributed by atoms with Crippen LogP contribution in [0.4, 0.5) is 13.2 Å². The second-order valence-corrected chi connectivity index (χ2v) is 13.9. The molecule has 0 aliphatic carbocycles. The van der Waals surface area contributed by atoms with Crippen molar-refractivity contribution >= 4 is 8.07 Å². The number of nitrogens with zero attached hydrogens (tertiary/aromatic N) is 1. The molecule has 1 unspecified atom stereocenters. The van der Waals surface area contributed by atoms with E-state index in [9.17, 15) is 13.2 Å². The van der Waals surface area contributed by atoms with Crippen LogP contribution >= 0.6 is 0 Å². The summed E-state index contributed by atoms with van der Waals surface area (Å²) in [4.78, 5) is 1.21. The average Bonchev–Trinajstić information content (AvgIpc) is 3.20. The highest BCUT2D eigenvalue weighted by molar-refractivity contribution is 6.90. The quantitative estimate of drug-likeness (QED) is 0.430. The van der Waals surface area contributed by atoms with Crippen LogP contribution in [0.2, 0.25) is 16.6 Å². The molecule has 3 nitrogen and oxygen atoms in total. The molecule has 1 atom stereocenters. The molecule has 2 rings (SSSR count). The van der Waals surface area contributed by atoms with E-state index in [1.807, 2.05) is 0 Å². The van der Waals surface area contributed by atoms with Gasteiger partial charge in [0.05, 0.1) is 19.4 Å². The maximum absolute atomic E-state index is 13.4. The summed E-state index contributed by atoms with van der Waals surface area (Å²) in [6.07, 6.45) is -3.49. The highest BCUT2D eigenvalue weighted by atomic mass is 28.3. The molecule has 2 heterocycles. The van der Waals surface area contributed by atoms with E-state index in [1.165, 1.54) is 17.2 Å². The normalized spacial score (nSPS) is 20.1. The van der Waals surface area contributed by atoms with Gasteiger partial charge in [-0.25, -0.2) is 4.90 Å². The van der Waals surface area contributed by atoms with Crippen LogP contribution in [0.15, 0.2) is 34.6 Å². The lowest BCUT2D eigenvalue weighted by Gasteiger charge is -2.37. The number of allylic oxidation sites excluding steroid dienone is 1. The number of halogens is 3. The maximum Gasteiger partial charge on any atom is 0.439 e. The third-order valence-electron chi connectivity index (χ3n) is 5.56. The molecule has 0 amide bonds. The SMILES string of the molecule is CC(C)[Si](C#C/C=C1/CN(Cc2ccco2)C(C(F)(F)F)O1)(C(C)C)C(C)C. The van der Waals surface area contributed by atoms with Gasteiger partial charge in [-0.15, -0.1) is 5.54 Å². The van der Waals surface area contributed by atoms with Gasteiger partial charge in [-0.1, -0.05) is 47.5 Å². The molecule has 1 aliphatic rings. The molecule has 0 saturated carbocycles. The molecule has 1 saturated heterocycles. The van der Waals surface area contributed by atoms with Crippen LogP contribution in [0.25, 0.3) is 0 Å². The summed E-state index contributed by atoms with van der Waals surface area (Å²) in [5, 5.41) is 0. The number of hydrogen-bond acceptors (Lipinski definition) is 3. The number of ether oxygens (including phenoxy) is 1. The summed E-state index contributed by atoms with van der Waals surface area (Å²) in [5.41, 5.74) is 4.87. The summed E-state index contributed by atoms with van der Waals surface area (Å²) in [5.74, 6) is 3.79. The Morgan fingerprint density at radius 1 is 1.18 bits per heavy atom. The summed E-state index contributed by atoms with van der Waals surface area (Å²) >= 11 is 0. The van der Waals surface area contributed by atoms with E-state index in [-0.39, 0.29) is 18.8 Å². The van der Waals surface area contributed by atoms with Crippen LogP contribution in [-0.2, 0) is 11.3 Å². The van der Waals surface area contributed by atoms with Crippen molar-refractivity contribution in [1.82, 2.24) is 4.90 Å². The Balaban J connectivity index is 2.26. The zero-order valence-electron chi connectivity index (χ0n) is 17.4. The lowest BCUT2D eigenvalue weighted by Crippen LogP contribution is -2.43. The molecule has 0 spiro atoms. The van der Waals surface area contributed by atoms with E-state index in [2.05, 4.69) is 53.0 Å². The average molecular weight is 414 g/mol. The van der Waals surface area contributed by atoms with Gasteiger partial charge in [0.25, 0.3) is 0 Å². The van der Waals surface area contributed by atoms with Crippen LogP contribution < -0.4 is 0 Å². The van der Waals surface area contributed by atoms with E-state index >= 15 is 0 Å². The van der Waals surface area contributed by atoms with Gasteiger partial charge in [0.15, 0.2) is 0 Å². The second-order valence-electron chi connectivity index (χ2n) is 8.27. The molecule has 28 heavy (non-hydrogen) atoms. The lowest BCUT2D eigenvalue weighted by molar-refractivity contribution is -0.236. The predicted octanol–water partition coefficient (Wildman–Crippen LogP) is 6.11. The Morgan fingerprint density at radius 2 is 1.79 bits per heavy atom. The van der Waals surface area contributed by atoms with E-state index in [0.717, 1.165) is 0 Å². The van der Waals surface area contributed by atoms with Crippen LogP contribution in [0.5, 0.6) is 0 Å². The van der Waals surface area contributed by atoms with E-state index < -0.39 is 20.5 Å². The molecule has 1 fully saturated rings. The smallest absolute Gasteiger partial charge is 0.439 e. The summed E-state index contributed by atoms with van der Waals surface area (Å²) in [7, 11) is -1.93. The third-order valence-corrected chi connectivity index (χ3v) is 11.9. The highest BCUT2D eigenvalue weighted by Gasteiger charge is 2.50. The Hall–Kier alpha value is -1.65. The monoisotopic (exact) mass is 413 g/mol. The predicted molar refractivity (Wildman–Crippen MR) is 107 cm³/mol. The molecule has 1 aromatic rings. The molecule has 156 valence electrons. The molecule has 7 heteroatoms. The fourth-order valence-corrected chi connectivity index (χ4v) is 9.50. The van der Waals surface area contributed by atoms with Crippen molar-refractivity contribution in [3.05, 3.63) is 36.0 Å². The van der Waals surface area contributed by atoms with Crippen molar-refractivity contribution in [2.24, 2.45) is 0 Å². The van der Waals surface area contributed by atoms with Gasteiger partial charge in [0.1, 0.15) is 19.6 Å². The molecule has 0 N–H and O–H groups in total. The zero-order valence-corrected chi connectivity index (χ0v) is 18.4. The Morgan fingerprint density at radius 3 is 2.25 bits per heavy atom. The van der Waals surface area contributed by atoms with Crippen molar-refractivity contribution in [3.63, 3.8) is 0 Å². The zero-order chi connectivity index (χ0) is 21.1. The molecule has 0 aromatic carbocycles. The van der Waals surface area contributed by atoms with Crippen LogP contribution in [0.1, 0.15) is 47.3 Å². The summed E-state index contributed by atoms with van der Waals surface area (Å²) < 4.78 is 50.6. The number of alkyl halides is 3. The lowest BCUT2D eigenvalue weighted by atomic mass is 10.3.